The molecule has 7 nitrogen and oxygen atoms in total. The first kappa shape index (κ1) is 34.3. The summed E-state index contributed by atoms with van der Waals surface area (Å²) in [6, 6.07) is 56.0. The molecule has 272 valence electrons. The van der Waals surface area contributed by atoms with E-state index >= 15 is 0 Å². The van der Waals surface area contributed by atoms with Gasteiger partial charge in [-0.3, -0.25) is 0 Å². The maximum atomic E-state index is 10.6. The zero-order valence-electron chi connectivity index (χ0n) is 30.1. The molecule has 0 bridgehead atoms. The Labute approximate surface area is 322 Å². The Hall–Kier alpha value is -7.48. The molecule has 0 saturated heterocycles. The first-order valence-electron chi connectivity index (χ1n) is 18.2. The average molecular weight is 733 g/mol. The highest BCUT2D eigenvalue weighted by atomic mass is 16.3. The number of rotatable bonds is 8. The second-order valence-electron chi connectivity index (χ2n) is 13.7. The minimum absolute atomic E-state index is 0.220. The summed E-state index contributed by atoms with van der Waals surface area (Å²) >= 11 is 0. The van der Waals surface area contributed by atoms with Gasteiger partial charge in [0.2, 0.25) is 0 Å². The Morgan fingerprint density at radius 1 is 0.446 bits per heavy atom. The van der Waals surface area contributed by atoms with Gasteiger partial charge in [-0.1, -0.05) is 122 Å². The predicted octanol–water partition coefficient (Wildman–Crippen LogP) is 11.9. The molecular formula is C49H36N2O5. The lowest BCUT2D eigenvalue weighted by atomic mass is 9.97. The van der Waals surface area contributed by atoms with Gasteiger partial charge < -0.3 is 34.7 Å². The summed E-state index contributed by atoms with van der Waals surface area (Å²) in [6.45, 7) is 2.44. The lowest BCUT2D eigenvalue weighted by molar-refractivity contribution is 0.251. The number of hydrogen-bond donors (Lipinski definition) is 5. The molecule has 9 rings (SSSR count). The highest BCUT2D eigenvalue weighted by molar-refractivity contribution is 6.28. The summed E-state index contributed by atoms with van der Waals surface area (Å²) in [4.78, 5) is 0. The van der Waals surface area contributed by atoms with Gasteiger partial charge in [-0.2, -0.15) is 0 Å². The fourth-order valence-corrected chi connectivity index (χ4v) is 7.96. The molecule has 5 N–H and O–H groups in total. The number of aliphatic hydroxyl groups excluding tert-OH is 5. The van der Waals surface area contributed by atoms with Crippen LogP contribution in [0.15, 0.2) is 193 Å². The molecule has 0 atom stereocenters. The van der Waals surface area contributed by atoms with Gasteiger partial charge in [0, 0.05) is 32.9 Å². The molecule has 0 radical (unpaired) electrons. The number of allylic oxidation sites excluding steroid dienone is 1. The van der Waals surface area contributed by atoms with Crippen LogP contribution < -0.4 is 0 Å². The Balaban J connectivity index is 1.20. The number of hydrogen-bond acceptors (Lipinski definition) is 5. The van der Waals surface area contributed by atoms with Crippen molar-refractivity contribution < 1.29 is 25.5 Å². The van der Waals surface area contributed by atoms with E-state index in [1.165, 1.54) is 21.7 Å². The van der Waals surface area contributed by atoms with Gasteiger partial charge in [0.05, 0.1) is 27.6 Å². The number of aliphatic hydroxyl groups is 5. The zero-order chi connectivity index (χ0) is 38.5. The van der Waals surface area contributed by atoms with Crippen LogP contribution in [0.1, 0.15) is 5.56 Å². The third-order valence-corrected chi connectivity index (χ3v) is 10.5. The second kappa shape index (κ2) is 13.7. The summed E-state index contributed by atoms with van der Waals surface area (Å²) in [7, 11) is 0. The number of nitrogens with zero attached hydrogens (tertiary/aromatic N) is 2. The van der Waals surface area contributed by atoms with Crippen LogP contribution in [0.2, 0.25) is 0 Å². The van der Waals surface area contributed by atoms with E-state index in [-0.39, 0.29) is 5.57 Å². The van der Waals surface area contributed by atoms with E-state index in [0.29, 0.717) is 5.56 Å². The van der Waals surface area contributed by atoms with Crippen LogP contribution in [0.3, 0.4) is 0 Å². The zero-order valence-corrected chi connectivity index (χ0v) is 30.1. The smallest absolute Gasteiger partial charge is 0.200 e. The van der Waals surface area contributed by atoms with Crippen molar-refractivity contribution in [2.24, 2.45) is 0 Å². The standard InChI is InChI=1S/C49H36N2O5/c1-30(53)48(55)49(56)45(44(54)29-52)33-23-21-32(22-24-33)35-14-10-16-37(28-35)51-41-20-8-6-18-39(41)47-43(51)26-25-42-46(47)38-17-5-7-19-40(38)50(42)36-15-9-13-34(27-36)31-11-3-2-4-12-31/h2-28,52-56H,1,29H2/b45-44+,49-48-. The van der Waals surface area contributed by atoms with Crippen LogP contribution >= 0.6 is 0 Å². The van der Waals surface area contributed by atoms with Crippen molar-refractivity contribution >= 4 is 49.2 Å². The summed E-state index contributed by atoms with van der Waals surface area (Å²) in [5, 5.41) is 55.1. The Bertz CT molecular complexity index is 3060. The number of aromatic nitrogens is 2. The monoisotopic (exact) mass is 732 g/mol. The topological polar surface area (TPSA) is 111 Å². The van der Waals surface area contributed by atoms with Gasteiger partial charge in [-0.15, -0.1) is 0 Å². The van der Waals surface area contributed by atoms with E-state index in [4.69, 9.17) is 0 Å². The lowest BCUT2D eigenvalue weighted by Crippen LogP contribution is -2.03. The molecule has 0 aliphatic rings. The summed E-state index contributed by atoms with van der Waals surface area (Å²) in [6.07, 6.45) is 0. The van der Waals surface area contributed by atoms with Crippen LogP contribution in [0.25, 0.3) is 82.8 Å². The van der Waals surface area contributed by atoms with Gasteiger partial charge in [-0.25, -0.2) is 0 Å². The summed E-state index contributed by atoms with van der Waals surface area (Å²) in [5.41, 5.74) is 10.7. The Kier molecular flexibility index (Phi) is 8.41. The molecular weight excluding hydrogens is 697 g/mol. The van der Waals surface area contributed by atoms with E-state index in [9.17, 15) is 25.5 Å². The van der Waals surface area contributed by atoms with Crippen molar-refractivity contribution in [3.05, 3.63) is 199 Å². The van der Waals surface area contributed by atoms with Crippen molar-refractivity contribution in [3.63, 3.8) is 0 Å². The number of para-hydroxylation sites is 2. The van der Waals surface area contributed by atoms with Gasteiger partial charge in [0.25, 0.3) is 0 Å². The average Bonchev–Trinajstić information content (AvgIpc) is 3.77. The molecule has 0 amide bonds. The van der Waals surface area contributed by atoms with Gasteiger partial charge in [-0.05, 0) is 76.3 Å². The molecule has 0 unspecified atom stereocenters. The van der Waals surface area contributed by atoms with Crippen molar-refractivity contribution in [3.8, 4) is 33.6 Å². The Morgan fingerprint density at radius 2 is 0.911 bits per heavy atom. The minimum atomic E-state index is -0.901. The van der Waals surface area contributed by atoms with Crippen molar-refractivity contribution in [1.29, 1.82) is 0 Å². The van der Waals surface area contributed by atoms with E-state index < -0.39 is 29.6 Å². The Morgan fingerprint density at radius 3 is 1.41 bits per heavy atom. The van der Waals surface area contributed by atoms with E-state index in [1.54, 1.807) is 12.1 Å². The first-order chi connectivity index (χ1) is 27.3. The second-order valence-corrected chi connectivity index (χ2v) is 13.7. The van der Waals surface area contributed by atoms with Gasteiger partial charge in [0.1, 0.15) is 12.4 Å². The molecule has 0 aliphatic carbocycles. The normalized spacial score (nSPS) is 12.7. The van der Waals surface area contributed by atoms with E-state index in [2.05, 4.69) is 137 Å². The molecule has 0 spiro atoms. The molecule has 7 heteroatoms. The fourth-order valence-electron chi connectivity index (χ4n) is 7.96. The van der Waals surface area contributed by atoms with Crippen molar-refractivity contribution in [2.75, 3.05) is 6.61 Å². The van der Waals surface area contributed by atoms with Crippen LogP contribution in [0, 0.1) is 0 Å². The van der Waals surface area contributed by atoms with Crippen molar-refractivity contribution in [2.45, 2.75) is 0 Å². The van der Waals surface area contributed by atoms with Gasteiger partial charge in [0.15, 0.2) is 17.3 Å². The fraction of sp³-hybridized carbons (Fsp3) is 0.0204. The SMILES string of the molecule is C=C(O)/C(O)=C(O)\C(=C(\O)CO)c1ccc(-c2cccc(-n3c4ccccc4c4c5c6ccccc6n(-c6cccc(-c7ccccc7)c6)c5ccc43)c2)cc1. The molecule has 0 saturated carbocycles. The maximum Gasteiger partial charge on any atom is 0.200 e. The third-order valence-electron chi connectivity index (χ3n) is 10.5. The van der Waals surface area contributed by atoms with Crippen LogP contribution in [-0.2, 0) is 0 Å². The van der Waals surface area contributed by atoms with Crippen molar-refractivity contribution in [1.82, 2.24) is 9.13 Å². The molecule has 0 fully saturated rings. The molecule has 2 aromatic heterocycles. The van der Waals surface area contributed by atoms with E-state index in [1.807, 2.05) is 30.3 Å². The van der Waals surface area contributed by atoms with Gasteiger partial charge >= 0.3 is 0 Å². The van der Waals surface area contributed by atoms with E-state index in [0.717, 1.165) is 55.5 Å². The highest BCUT2D eigenvalue weighted by Gasteiger charge is 2.22. The quantitative estimate of drug-likeness (QED) is 0.0789. The number of fused-ring (bicyclic) bond motifs is 7. The van der Waals surface area contributed by atoms with Crippen LogP contribution in [0.4, 0.5) is 0 Å². The third kappa shape index (κ3) is 5.57. The largest absolute Gasteiger partial charge is 0.509 e. The minimum Gasteiger partial charge on any atom is -0.509 e. The molecule has 0 aliphatic heterocycles. The summed E-state index contributed by atoms with van der Waals surface area (Å²) < 4.78 is 4.67. The summed E-state index contributed by atoms with van der Waals surface area (Å²) in [5.74, 6) is -3.05. The first-order valence-corrected chi connectivity index (χ1v) is 18.2. The predicted molar refractivity (Wildman–Crippen MR) is 227 cm³/mol. The molecule has 2 heterocycles. The molecule has 7 aromatic carbocycles. The molecule has 9 aromatic rings. The highest BCUT2D eigenvalue weighted by Crippen LogP contribution is 2.43. The van der Waals surface area contributed by atoms with Crippen LogP contribution in [-0.4, -0.2) is 41.3 Å². The molecule has 56 heavy (non-hydrogen) atoms. The van der Waals surface area contributed by atoms with Crippen LogP contribution in [0.5, 0.6) is 0 Å². The maximum absolute atomic E-state index is 10.6. The lowest BCUT2D eigenvalue weighted by Gasteiger charge is -2.13. The number of benzene rings is 7.